The second-order valence-electron chi connectivity index (χ2n) is 5.64. The first-order valence-corrected chi connectivity index (χ1v) is 8.35. The van der Waals surface area contributed by atoms with Crippen LogP contribution in [0.1, 0.15) is 0 Å². The van der Waals surface area contributed by atoms with Crippen molar-refractivity contribution in [1.82, 2.24) is 15.5 Å². The molecule has 27 heavy (non-hydrogen) atoms. The molecule has 1 heterocycles. The van der Waals surface area contributed by atoms with E-state index in [1.54, 1.807) is 24.3 Å². The van der Waals surface area contributed by atoms with Crippen LogP contribution in [0.5, 0.6) is 5.75 Å². The Morgan fingerprint density at radius 3 is 2.33 bits per heavy atom. The lowest BCUT2D eigenvalue weighted by atomic mass is 10.3. The van der Waals surface area contributed by atoms with Crippen molar-refractivity contribution in [2.45, 2.75) is 0 Å². The highest BCUT2D eigenvalue weighted by Crippen LogP contribution is 2.14. The fourth-order valence-electron chi connectivity index (χ4n) is 2.23. The van der Waals surface area contributed by atoms with Crippen LogP contribution in [0.3, 0.4) is 0 Å². The molecule has 4 amide bonds. The van der Waals surface area contributed by atoms with Crippen LogP contribution in [0.2, 0.25) is 0 Å². The van der Waals surface area contributed by atoms with E-state index in [1.807, 2.05) is 0 Å². The topological polar surface area (TPSA) is 126 Å². The summed E-state index contributed by atoms with van der Waals surface area (Å²) in [6.07, 6.45) is 0. The number of anilines is 1. The summed E-state index contributed by atoms with van der Waals surface area (Å²) >= 11 is 0. The molecule has 3 N–H and O–H groups in total. The zero-order chi connectivity index (χ0) is 19.6. The number of ether oxygens (including phenoxy) is 2. The smallest absolute Gasteiger partial charge is 0.317 e. The number of methoxy groups -OCH3 is 1. The SMILES string of the molecule is COc1ccc(NC(=O)C(=O)CNC(=O)CNC(=O)N2CCOCC2)cc1. The Kier molecular flexibility index (Phi) is 7.56. The number of ketones is 1. The molecule has 1 aromatic carbocycles. The predicted molar refractivity (Wildman–Crippen MR) is 95.4 cm³/mol. The van der Waals surface area contributed by atoms with Crippen LogP contribution < -0.4 is 20.7 Å². The van der Waals surface area contributed by atoms with Crippen LogP contribution in [0, 0.1) is 0 Å². The minimum atomic E-state index is -0.849. The van der Waals surface area contributed by atoms with Crippen molar-refractivity contribution in [2.24, 2.45) is 0 Å². The number of rotatable bonds is 7. The molecule has 0 saturated carbocycles. The molecule has 1 saturated heterocycles. The monoisotopic (exact) mass is 378 g/mol. The lowest BCUT2D eigenvalue weighted by Gasteiger charge is -2.26. The average molecular weight is 378 g/mol. The number of hydrogen-bond acceptors (Lipinski definition) is 6. The van der Waals surface area contributed by atoms with Gasteiger partial charge in [-0.3, -0.25) is 14.4 Å². The molecule has 10 heteroatoms. The van der Waals surface area contributed by atoms with Gasteiger partial charge in [-0.15, -0.1) is 0 Å². The first-order chi connectivity index (χ1) is 13.0. The van der Waals surface area contributed by atoms with Gasteiger partial charge in [0.25, 0.3) is 5.91 Å². The predicted octanol–water partition coefficient (Wildman–Crippen LogP) is -0.639. The highest BCUT2D eigenvalue weighted by atomic mass is 16.5. The highest BCUT2D eigenvalue weighted by Gasteiger charge is 2.18. The van der Waals surface area contributed by atoms with E-state index in [0.29, 0.717) is 37.7 Å². The summed E-state index contributed by atoms with van der Waals surface area (Å²) in [4.78, 5) is 48.7. The van der Waals surface area contributed by atoms with Gasteiger partial charge in [0, 0.05) is 18.8 Å². The van der Waals surface area contributed by atoms with Gasteiger partial charge >= 0.3 is 6.03 Å². The van der Waals surface area contributed by atoms with E-state index in [9.17, 15) is 19.2 Å². The molecule has 1 aliphatic rings. The Bertz CT molecular complexity index is 685. The normalized spacial score (nSPS) is 13.4. The van der Waals surface area contributed by atoms with Gasteiger partial charge in [-0.05, 0) is 24.3 Å². The first kappa shape index (κ1) is 20.2. The summed E-state index contributed by atoms with van der Waals surface area (Å²) in [5.74, 6) is -1.61. The fraction of sp³-hybridized carbons (Fsp3) is 0.412. The maximum Gasteiger partial charge on any atom is 0.317 e. The number of morpholine rings is 1. The third-order valence-corrected chi connectivity index (χ3v) is 3.75. The molecule has 1 aromatic rings. The number of hydrogen-bond donors (Lipinski definition) is 3. The van der Waals surface area contributed by atoms with Crippen molar-refractivity contribution in [1.29, 1.82) is 0 Å². The molecule has 10 nitrogen and oxygen atoms in total. The summed E-state index contributed by atoms with van der Waals surface area (Å²) in [6, 6.07) is 6.07. The molecule has 0 aliphatic carbocycles. The number of Topliss-reactive ketones (excluding diaryl/α,β-unsaturated/α-hetero) is 1. The summed E-state index contributed by atoms with van der Waals surface area (Å²) in [5, 5.41) is 7.18. The zero-order valence-electron chi connectivity index (χ0n) is 14.9. The van der Waals surface area contributed by atoms with Gasteiger partial charge in [0.1, 0.15) is 5.75 Å². The lowest BCUT2D eigenvalue weighted by Crippen LogP contribution is -2.49. The number of carbonyl (C=O) groups excluding carboxylic acids is 4. The van der Waals surface area contributed by atoms with Gasteiger partial charge in [0.15, 0.2) is 0 Å². The molecule has 0 aromatic heterocycles. The minimum absolute atomic E-state index is 0.288. The Hall–Kier alpha value is -3.14. The van der Waals surface area contributed by atoms with Crippen LogP contribution in [-0.2, 0) is 19.1 Å². The molecule has 0 radical (unpaired) electrons. The van der Waals surface area contributed by atoms with Gasteiger partial charge < -0.3 is 30.3 Å². The second-order valence-corrected chi connectivity index (χ2v) is 5.64. The van der Waals surface area contributed by atoms with E-state index in [4.69, 9.17) is 9.47 Å². The lowest BCUT2D eigenvalue weighted by molar-refractivity contribution is -0.135. The maximum atomic E-state index is 11.8. The van der Waals surface area contributed by atoms with Crippen molar-refractivity contribution in [3.05, 3.63) is 24.3 Å². The van der Waals surface area contributed by atoms with Crippen LogP contribution in [-0.4, -0.2) is 75.0 Å². The minimum Gasteiger partial charge on any atom is -0.497 e. The first-order valence-electron chi connectivity index (χ1n) is 8.35. The molecular formula is C17H22N4O6. The molecule has 146 valence electrons. The summed E-state index contributed by atoms with van der Waals surface area (Å²) in [7, 11) is 1.52. The number of benzene rings is 1. The molecule has 1 fully saturated rings. The Labute approximate surface area is 156 Å². The number of urea groups is 1. The van der Waals surface area contributed by atoms with Crippen LogP contribution in [0.4, 0.5) is 10.5 Å². The van der Waals surface area contributed by atoms with E-state index in [0.717, 1.165) is 0 Å². The number of carbonyl (C=O) groups is 4. The zero-order valence-corrected chi connectivity index (χ0v) is 14.9. The van der Waals surface area contributed by atoms with E-state index in [1.165, 1.54) is 12.0 Å². The standard InChI is InChI=1S/C17H22N4O6/c1-26-13-4-2-12(3-5-13)20-16(24)14(22)10-18-15(23)11-19-17(25)21-6-8-27-9-7-21/h2-5H,6-11H2,1H3,(H,18,23)(H,19,25)(H,20,24). The fourth-order valence-corrected chi connectivity index (χ4v) is 2.23. The third kappa shape index (κ3) is 6.59. The van der Waals surface area contributed by atoms with Gasteiger partial charge in [0.05, 0.1) is 33.4 Å². The van der Waals surface area contributed by atoms with Gasteiger partial charge in [-0.2, -0.15) is 0 Å². The Morgan fingerprint density at radius 1 is 1.04 bits per heavy atom. The second kappa shape index (κ2) is 10.1. The van der Waals surface area contributed by atoms with Crippen LogP contribution in [0.25, 0.3) is 0 Å². The third-order valence-electron chi connectivity index (χ3n) is 3.75. The molecule has 0 bridgehead atoms. The largest absolute Gasteiger partial charge is 0.497 e. The van der Waals surface area contributed by atoms with Crippen molar-refractivity contribution in [3.8, 4) is 5.75 Å². The van der Waals surface area contributed by atoms with Crippen LogP contribution >= 0.6 is 0 Å². The van der Waals surface area contributed by atoms with E-state index >= 15 is 0 Å². The maximum absolute atomic E-state index is 11.8. The summed E-state index contributed by atoms with van der Waals surface area (Å²) in [5.41, 5.74) is 0.429. The number of amides is 4. The quantitative estimate of drug-likeness (QED) is 0.542. The van der Waals surface area contributed by atoms with E-state index < -0.39 is 24.1 Å². The Balaban J connectivity index is 1.67. The molecule has 0 unspecified atom stereocenters. The van der Waals surface area contributed by atoms with Crippen molar-refractivity contribution in [3.63, 3.8) is 0 Å². The van der Waals surface area contributed by atoms with E-state index in [2.05, 4.69) is 16.0 Å². The van der Waals surface area contributed by atoms with Gasteiger partial charge in [-0.25, -0.2) is 4.79 Å². The number of nitrogens with zero attached hydrogens (tertiary/aromatic N) is 1. The molecule has 0 atom stereocenters. The Morgan fingerprint density at radius 2 is 1.70 bits per heavy atom. The molecule has 0 spiro atoms. The van der Waals surface area contributed by atoms with Crippen LogP contribution in [0.15, 0.2) is 24.3 Å². The highest BCUT2D eigenvalue weighted by molar-refractivity contribution is 6.41. The van der Waals surface area contributed by atoms with Crippen molar-refractivity contribution < 1.29 is 28.7 Å². The average Bonchev–Trinajstić information content (AvgIpc) is 2.71. The van der Waals surface area contributed by atoms with E-state index in [-0.39, 0.29) is 12.6 Å². The molecule has 2 rings (SSSR count). The summed E-state index contributed by atoms with van der Waals surface area (Å²) < 4.78 is 10.1. The number of nitrogens with one attached hydrogen (secondary N) is 3. The van der Waals surface area contributed by atoms with Gasteiger partial charge in [0.2, 0.25) is 11.7 Å². The van der Waals surface area contributed by atoms with Gasteiger partial charge in [-0.1, -0.05) is 0 Å². The van der Waals surface area contributed by atoms with Crippen molar-refractivity contribution in [2.75, 3.05) is 51.8 Å². The molecular weight excluding hydrogens is 356 g/mol. The van der Waals surface area contributed by atoms with Crippen molar-refractivity contribution >= 4 is 29.3 Å². The molecule has 1 aliphatic heterocycles. The summed E-state index contributed by atoms with van der Waals surface area (Å²) in [6.45, 7) is 1.07.